The Labute approximate surface area is 212 Å². The minimum absolute atomic E-state index is 0.0495. The minimum Gasteiger partial charge on any atom is -0.368 e. The van der Waals surface area contributed by atoms with Crippen molar-refractivity contribution in [1.29, 1.82) is 0 Å². The summed E-state index contributed by atoms with van der Waals surface area (Å²) in [5, 5.41) is 1.47. The maximum absolute atomic E-state index is 14.0. The molecule has 1 N–H and O–H groups in total. The zero-order valence-electron chi connectivity index (χ0n) is 19.4. The van der Waals surface area contributed by atoms with Gasteiger partial charge in [0, 0.05) is 66.3 Å². The number of benzene rings is 3. The molecule has 0 radical (unpaired) electrons. The summed E-state index contributed by atoms with van der Waals surface area (Å²) in [4.78, 5) is 20.5. The topological polar surface area (TPSA) is 39.3 Å². The zero-order chi connectivity index (χ0) is 25.3. The Morgan fingerprint density at radius 2 is 1.64 bits per heavy atom. The van der Waals surface area contributed by atoms with Crippen molar-refractivity contribution >= 4 is 34.1 Å². The summed E-state index contributed by atoms with van der Waals surface area (Å²) in [6.45, 7) is 2.24. The van der Waals surface area contributed by atoms with Crippen molar-refractivity contribution in [3.05, 3.63) is 101 Å². The molecule has 5 rings (SSSR count). The van der Waals surface area contributed by atoms with E-state index in [-0.39, 0.29) is 17.9 Å². The van der Waals surface area contributed by atoms with Crippen molar-refractivity contribution in [3.8, 4) is 0 Å². The van der Waals surface area contributed by atoms with Gasteiger partial charge in [0.2, 0.25) is 5.91 Å². The molecule has 1 amide bonds. The van der Waals surface area contributed by atoms with E-state index in [1.807, 2.05) is 48.5 Å². The van der Waals surface area contributed by atoms with E-state index >= 15 is 0 Å². The van der Waals surface area contributed by atoms with Crippen LogP contribution >= 0.6 is 11.6 Å². The summed E-state index contributed by atoms with van der Waals surface area (Å²) in [7, 11) is 0. The number of fused-ring (bicyclic) bond motifs is 1. The number of rotatable bonds is 5. The SMILES string of the molecule is O=C(CC(c1ccccc1C(F)(F)F)c1c[nH]c2ccccc12)N1CCN(c2cccc(Cl)c2)CC1. The lowest BCUT2D eigenvalue weighted by molar-refractivity contribution is -0.139. The van der Waals surface area contributed by atoms with E-state index in [0.717, 1.165) is 22.7 Å². The first-order valence-corrected chi connectivity index (χ1v) is 12.2. The Morgan fingerprint density at radius 3 is 2.39 bits per heavy atom. The molecule has 8 heteroatoms. The fourth-order valence-corrected chi connectivity index (χ4v) is 5.20. The molecule has 1 aliphatic heterocycles. The fraction of sp³-hybridized carbons (Fsp3) is 0.250. The highest BCUT2D eigenvalue weighted by Crippen LogP contribution is 2.41. The number of para-hydroxylation sites is 1. The third-order valence-corrected chi connectivity index (χ3v) is 7.06. The summed E-state index contributed by atoms with van der Waals surface area (Å²) < 4.78 is 41.9. The third kappa shape index (κ3) is 4.93. The second kappa shape index (κ2) is 9.90. The van der Waals surface area contributed by atoms with Crippen molar-refractivity contribution < 1.29 is 18.0 Å². The highest BCUT2D eigenvalue weighted by Gasteiger charge is 2.37. The van der Waals surface area contributed by atoms with Crippen LogP contribution in [0.4, 0.5) is 18.9 Å². The second-order valence-corrected chi connectivity index (χ2v) is 9.42. The number of carbonyl (C=O) groups is 1. The number of nitrogens with one attached hydrogen (secondary N) is 1. The number of amides is 1. The van der Waals surface area contributed by atoms with E-state index in [4.69, 9.17) is 11.6 Å². The van der Waals surface area contributed by atoms with Gasteiger partial charge in [0.1, 0.15) is 0 Å². The van der Waals surface area contributed by atoms with E-state index in [1.165, 1.54) is 12.1 Å². The van der Waals surface area contributed by atoms with Gasteiger partial charge in [-0.25, -0.2) is 0 Å². The van der Waals surface area contributed by atoms with Crippen LogP contribution < -0.4 is 4.90 Å². The summed E-state index contributed by atoms with van der Waals surface area (Å²) in [6, 6.07) is 20.6. The van der Waals surface area contributed by atoms with Gasteiger partial charge in [0.15, 0.2) is 0 Å². The molecule has 1 unspecified atom stereocenters. The largest absolute Gasteiger partial charge is 0.416 e. The van der Waals surface area contributed by atoms with Gasteiger partial charge in [-0.3, -0.25) is 4.79 Å². The first kappa shape index (κ1) is 24.3. The third-order valence-electron chi connectivity index (χ3n) is 6.82. The summed E-state index contributed by atoms with van der Waals surface area (Å²) >= 11 is 6.12. The standard InChI is InChI=1S/C28H25ClF3N3O/c29-19-6-5-7-20(16-19)34-12-14-35(15-13-34)27(36)17-23(21-8-1-3-10-25(21)28(30,31)32)24-18-33-26-11-4-2-9-22(24)26/h1-11,16,18,23,33H,12-15,17H2. The summed E-state index contributed by atoms with van der Waals surface area (Å²) in [5.41, 5.74) is 1.91. The van der Waals surface area contributed by atoms with Crippen molar-refractivity contribution in [3.63, 3.8) is 0 Å². The molecule has 3 aromatic carbocycles. The van der Waals surface area contributed by atoms with E-state index in [0.29, 0.717) is 36.8 Å². The molecule has 0 saturated carbocycles. The monoisotopic (exact) mass is 511 g/mol. The number of aromatic amines is 1. The number of carbonyl (C=O) groups excluding carboxylic acids is 1. The van der Waals surface area contributed by atoms with Gasteiger partial charge in [-0.1, -0.05) is 54.1 Å². The Kier molecular flexibility index (Phi) is 6.67. The molecule has 1 saturated heterocycles. The van der Waals surface area contributed by atoms with E-state index < -0.39 is 17.7 Å². The number of hydrogen-bond acceptors (Lipinski definition) is 2. The molecular formula is C28H25ClF3N3O. The Bertz CT molecular complexity index is 1380. The van der Waals surface area contributed by atoms with Crippen molar-refractivity contribution in [2.45, 2.75) is 18.5 Å². The van der Waals surface area contributed by atoms with Gasteiger partial charge in [-0.15, -0.1) is 0 Å². The number of H-pyrrole nitrogens is 1. The molecule has 4 aromatic rings. The van der Waals surface area contributed by atoms with Crippen molar-refractivity contribution in [2.75, 3.05) is 31.1 Å². The quantitative estimate of drug-likeness (QED) is 0.323. The van der Waals surface area contributed by atoms with E-state index in [2.05, 4.69) is 9.88 Å². The number of anilines is 1. The first-order valence-electron chi connectivity index (χ1n) is 11.8. The minimum atomic E-state index is -4.52. The molecule has 1 atom stereocenters. The van der Waals surface area contributed by atoms with Gasteiger partial charge in [0.25, 0.3) is 0 Å². The molecule has 186 valence electrons. The van der Waals surface area contributed by atoms with Crippen LogP contribution in [0.3, 0.4) is 0 Å². The maximum Gasteiger partial charge on any atom is 0.416 e. The van der Waals surface area contributed by atoms with Gasteiger partial charge in [0.05, 0.1) is 5.56 Å². The van der Waals surface area contributed by atoms with Crippen LogP contribution in [0.5, 0.6) is 0 Å². The normalized spacial score (nSPS) is 15.3. The van der Waals surface area contributed by atoms with Crippen LogP contribution in [0.15, 0.2) is 79.0 Å². The molecule has 0 aliphatic carbocycles. The molecule has 0 spiro atoms. The van der Waals surface area contributed by atoms with Gasteiger partial charge in [-0.2, -0.15) is 13.2 Å². The number of piperazine rings is 1. The number of aromatic nitrogens is 1. The first-order chi connectivity index (χ1) is 17.3. The summed E-state index contributed by atoms with van der Waals surface area (Å²) in [6.07, 6.45) is -2.84. The zero-order valence-corrected chi connectivity index (χ0v) is 20.2. The van der Waals surface area contributed by atoms with Crippen LogP contribution in [0.2, 0.25) is 5.02 Å². The number of alkyl halides is 3. The van der Waals surface area contributed by atoms with Crippen LogP contribution in [0.25, 0.3) is 10.9 Å². The predicted octanol–water partition coefficient (Wildman–Crippen LogP) is 6.71. The molecule has 1 fully saturated rings. The lowest BCUT2D eigenvalue weighted by atomic mass is 9.85. The number of nitrogens with zero attached hydrogens (tertiary/aromatic N) is 2. The van der Waals surface area contributed by atoms with E-state index in [1.54, 1.807) is 17.2 Å². The smallest absolute Gasteiger partial charge is 0.368 e. The fourth-order valence-electron chi connectivity index (χ4n) is 5.02. The molecular weight excluding hydrogens is 487 g/mol. The molecule has 4 nitrogen and oxygen atoms in total. The van der Waals surface area contributed by atoms with Crippen LogP contribution in [0.1, 0.15) is 29.0 Å². The average molecular weight is 512 g/mol. The molecule has 36 heavy (non-hydrogen) atoms. The molecule has 2 heterocycles. The van der Waals surface area contributed by atoms with Gasteiger partial charge < -0.3 is 14.8 Å². The van der Waals surface area contributed by atoms with E-state index in [9.17, 15) is 18.0 Å². The van der Waals surface area contributed by atoms with Crippen molar-refractivity contribution in [1.82, 2.24) is 9.88 Å². The second-order valence-electron chi connectivity index (χ2n) is 8.98. The van der Waals surface area contributed by atoms with Crippen LogP contribution in [-0.2, 0) is 11.0 Å². The van der Waals surface area contributed by atoms with Gasteiger partial charge in [-0.05, 0) is 41.5 Å². The highest BCUT2D eigenvalue weighted by molar-refractivity contribution is 6.30. The Morgan fingerprint density at radius 1 is 0.917 bits per heavy atom. The van der Waals surface area contributed by atoms with Gasteiger partial charge >= 0.3 is 6.18 Å². The van der Waals surface area contributed by atoms with Crippen LogP contribution in [0, 0.1) is 0 Å². The summed E-state index contributed by atoms with van der Waals surface area (Å²) in [5.74, 6) is -0.898. The maximum atomic E-state index is 14.0. The predicted molar refractivity (Wildman–Crippen MR) is 136 cm³/mol. The number of halogens is 4. The lowest BCUT2D eigenvalue weighted by Gasteiger charge is -2.37. The lowest BCUT2D eigenvalue weighted by Crippen LogP contribution is -2.49. The number of hydrogen-bond donors (Lipinski definition) is 1. The Balaban J connectivity index is 1.42. The Hall–Kier alpha value is -3.45. The molecule has 1 aliphatic rings. The highest BCUT2D eigenvalue weighted by atomic mass is 35.5. The van der Waals surface area contributed by atoms with Crippen molar-refractivity contribution in [2.24, 2.45) is 0 Å². The average Bonchev–Trinajstić information content (AvgIpc) is 3.31. The molecule has 1 aromatic heterocycles. The molecule has 0 bridgehead atoms. The van der Waals surface area contributed by atoms with Crippen LogP contribution in [-0.4, -0.2) is 42.0 Å².